The molecule has 0 aromatic heterocycles. The molecule has 0 aliphatic carbocycles. The number of nitrogens with one attached hydrogen (secondary N) is 1. The number of carboxylic acid groups (broad SMARTS) is 1. The van der Waals surface area contributed by atoms with Crippen LogP contribution >= 0.6 is 0 Å². The Bertz CT molecular complexity index is 231. The van der Waals surface area contributed by atoms with Crippen LogP contribution in [0.3, 0.4) is 0 Å². The van der Waals surface area contributed by atoms with E-state index >= 15 is 0 Å². The largest absolute Gasteiger partial charge is 0.465 e. The molecule has 2 atom stereocenters. The molecule has 1 heterocycles. The van der Waals surface area contributed by atoms with Gasteiger partial charge in [-0.3, -0.25) is 0 Å². The summed E-state index contributed by atoms with van der Waals surface area (Å²) in [7, 11) is 0. The summed E-state index contributed by atoms with van der Waals surface area (Å²) in [5.74, 6) is -0.927. The zero-order valence-corrected chi connectivity index (χ0v) is 8.90. The molecule has 0 aromatic rings. The van der Waals surface area contributed by atoms with Crippen molar-refractivity contribution in [1.29, 1.82) is 0 Å². The molecule has 0 aromatic carbocycles. The first-order chi connectivity index (χ1) is 6.94. The van der Waals surface area contributed by atoms with Gasteiger partial charge in [-0.25, -0.2) is 4.79 Å². The van der Waals surface area contributed by atoms with Crippen molar-refractivity contribution in [2.75, 3.05) is 19.8 Å². The van der Waals surface area contributed by atoms with E-state index in [1.54, 1.807) is 13.8 Å². The van der Waals surface area contributed by atoms with Gasteiger partial charge in [-0.15, -0.1) is 0 Å². The first-order valence-corrected chi connectivity index (χ1v) is 4.84. The predicted octanol–water partition coefficient (Wildman–Crippen LogP) is 0.0140. The SMILES string of the molecule is CC1(C)OCC(C(CO)CNC(=O)O)O1. The molecule has 0 spiro atoms. The average Bonchev–Trinajstić information content (AvgIpc) is 2.47. The average molecular weight is 219 g/mol. The van der Waals surface area contributed by atoms with Gasteiger partial charge in [0.15, 0.2) is 5.79 Å². The molecule has 0 saturated carbocycles. The Kier molecular flexibility index (Phi) is 3.90. The highest BCUT2D eigenvalue weighted by molar-refractivity contribution is 5.64. The molecule has 1 rings (SSSR count). The molecule has 0 radical (unpaired) electrons. The molecule has 0 bridgehead atoms. The summed E-state index contributed by atoms with van der Waals surface area (Å²) in [5.41, 5.74) is 0. The summed E-state index contributed by atoms with van der Waals surface area (Å²) in [6, 6.07) is 0. The summed E-state index contributed by atoms with van der Waals surface area (Å²) < 4.78 is 10.9. The van der Waals surface area contributed by atoms with Crippen molar-refractivity contribution < 1.29 is 24.5 Å². The standard InChI is InChI=1S/C9H17NO5/c1-9(2)14-5-7(15-9)6(4-11)3-10-8(12)13/h6-7,10-11H,3-5H2,1-2H3,(H,12,13). The van der Waals surface area contributed by atoms with E-state index in [2.05, 4.69) is 5.32 Å². The van der Waals surface area contributed by atoms with Crippen LogP contribution in [0.5, 0.6) is 0 Å². The van der Waals surface area contributed by atoms with Crippen molar-refractivity contribution in [2.24, 2.45) is 5.92 Å². The van der Waals surface area contributed by atoms with Crippen molar-refractivity contribution in [3.63, 3.8) is 0 Å². The molecule has 1 amide bonds. The summed E-state index contributed by atoms with van der Waals surface area (Å²) in [4.78, 5) is 10.3. The van der Waals surface area contributed by atoms with Crippen molar-refractivity contribution in [1.82, 2.24) is 5.32 Å². The molecule has 15 heavy (non-hydrogen) atoms. The molecule has 6 nitrogen and oxygen atoms in total. The van der Waals surface area contributed by atoms with Gasteiger partial charge in [-0.2, -0.15) is 0 Å². The molecule has 1 fully saturated rings. The van der Waals surface area contributed by atoms with Crippen LogP contribution in [0.2, 0.25) is 0 Å². The Morgan fingerprint density at radius 1 is 1.67 bits per heavy atom. The first kappa shape index (κ1) is 12.2. The second-order valence-electron chi connectivity index (χ2n) is 4.00. The van der Waals surface area contributed by atoms with Gasteiger partial charge in [0.1, 0.15) is 0 Å². The van der Waals surface area contributed by atoms with E-state index in [1.807, 2.05) is 0 Å². The summed E-state index contributed by atoms with van der Waals surface area (Å²) >= 11 is 0. The van der Waals surface area contributed by atoms with Crippen LogP contribution < -0.4 is 5.32 Å². The van der Waals surface area contributed by atoms with Crippen molar-refractivity contribution in [2.45, 2.75) is 25.7 Å². The van der Waals surface area contributed by atoms with E-state index in [0.717, 1.165) is 0 Å². The molecule has 1 aliphatic heterocycles. The highest BCUT2D eigenvalue weighted by Gasteiger charge is 2.37. The maximum atomic E-state index is 10.3. The van der Waals surface area contributed by atoms with Crippen LogP contribution in [-0.2, 0) is 9.47 Å². The lowest BCUT2D eigenvalue weighted by Gasteiger charge is -2.22. The minimum Gasteiger partial charge on any atom is -0.465 e. The van der Waals surface area contributed by atoms with Gasteiger partial charge >= 0.3 is 6.09 Å². The number of rotatable bonds is 4. The number of carbonyl (C=O) groups is 1. The molecular weight excluding hydrogens is 202 g/mol. The molecule has 1 aliphatic rings. The zero-order valence-electron chi connectivity index (χ0n) is 8.90. The van der Waals surface area contributed by atoms with Gasteiger partial charge in [0.2, 0.25) is 0 Å². The van der Waals surface area contributed by atoms with E-state index in [0.29, 0.717) is 6.61 Å². The van der Waals surface area contributed by atoms with Gasteiger partial charge in [0.25, 0.3) is 0 Å². The van der Waals surface area contributed by atoms with Crippen LogP contribution in [0.1, 0.15) is 13.8 Å². The topological polar surface area (TPSA) is 88.0 Å². The fourth-order valence-electron chi connectivity index (χ4n) is 1.48. The summed E-state index contributed by atoms with van der Waals surface area (Å²) in [6.45, 7) is 3.97. The number of aliphatic hydroxyl groups excluding tert-OH is 1. The van der Waals surface area contributed by atoms with Crippen molar-refractivity contribution >= 4 is 6.09 Å². The Balaban J connectivity index is 2.42. The van der Waals surface area contributed by atoms with Gasteiger partial charge in [0, 0.05) is 12.5 Å². The highest BCUT2D eigenvalue weighted by atomic mass is 16.7. The summed E-state index contributed by atoms with van der Waals surface area (Å²) in [6.07, 6.45) is -1.37. The molecule has 2 unspecified atom stereocenters. The molecule has 3 N–H and O–H groups in total. The van der Waals surface area contributed by atoms with Gasteiger partial charge in [-0.1, -0.05) is 0 Å². The first-order valence-electron chi connectivity index (χ1n) is 4.84. The number of amides is 1. The third-order valence-corrected chi connectivity index (χ3v) is 2.31. The van der Waals surface area contributed by atoms with Crippen LogP contribution in [0.15, 0.2) is 0 Å². The molecule has 6 heteroatoms. The lowest BCUT2D eigenvalue weighted by atomic mass is 10.0. The third kappa shape index (κ3) is 3.65. The van der Waals surface area contributed by atoms with E-state index in [1.165, 1.54) is 0 Å². The van der Waals surface area contributed by atoms with Crippen LogP contribution in [-0.4, -0.2) is 48.0 Å². The van der Waals surface area contributed by atoms with E-state index < -0.39 is 11.9 Å². The smallest absolute Gasteiger partial charge is 0.404 e. The number of hydrogen-bond donors (Lipinski definition) is 3. The molecular formula is C9H17NO5. The zero-order chi connectivity index (χ0) is 11.5. The van der Waals surface area contributed by atoms with Gasteiger partial charge in [0.05, 0.1) is 19.3 Å². The van der Waals surface area contributed by atoms with Crippen molar-refractivity contribution in [3.8, 4) is 0 Å². The van der Waals surface area contributed by atoms with Crippen LogP contribution in [0, 0.1) is 5.92 Å². The maximum absolute atomic E-state index is 10.3. The Morgan fingerprint density at radius 2 is 2.33 bits per heavy atom. The minimum atomic E-state index is -1.10. The second-order valence-corrected chi connectivity index (χ2v) is 4.00. The number of aliphatic hydroxyl groups is 1. The number of ether oxygens (including phenoxy) is 2. The normalized spacial score (nSPS) is 26.2. The fraction of sp³-hybridized carbons (Fsp3) is 0.889. The minimum absolute atomic E-state index is 0.135. The maximum Gasteiger partial charge on any atom is 0.404 e. The lowest BCUT2D eigenvalue weighted by Crippen LogP contribution is -2.38. The fourth-order valence-corrected chi connectivity index (χ4v) is 1.48. The quantitative estimate of drug-likeness (QED) is 0.620. The van der Waals surface area contributed by atoms with Gasteiger partial charge in [-0.05, 0) is 13.8 Å². The predicted molar refractivity (Wildman–Crippen MR) is 51.5 cm³/mol. The highest BCUT2D eigenvalue weighted by Crippen LogP contribution is 2.26. The Hall–Kier alpha value is -0.850. The van der Waals surface area contributed by atoms with E-state index in [9.17, 15) is 4.79 Å². The van der Waals surface area contributed by atoms with E-state index in [4.69, 9.17) is 19.7 Å². The second kappa shape index (κ2) is 4.78. The molecule has 1 saturated heterocycles. The Labute approximate surface area is 88.2 Å². The third-order valence-electron chi connectivity index (χ3n) is 2.31. The monoisotopic (exact) mass is 219 g/mol. The lowest BCUT2D eigenvalue weighted by molar-refractivity contribution is -0.145. The van der Waals surface area contributed by atoms with Gasteiger partial charge < -0.3 is 25.0 Å². The number of hydrogen-bond acceptors (Lipinski definition) is 4. The van der Waals surface area contributed by atoms with Crippen molar-refractivity contribution in [3.05, 3.63) is 0 Å². The van der Waals surface area contributed by atoms with Crippen LogP contribution in [0.4, 0.5) is 4.79 Å². The van der Waals surface area contributed by atoms with Crippen LogP contribution in [0.25, 0.3) is 0 Å². The Morgan fingerprint density at radius 3 is 2.73 bits per heavy atom. The summed E-state index contributed by atoms with van der Waals surface area (Å²) in [5, 5.41) is 19.8. The van der Waals surface area contributed by atoms with E-state index in [-0.39, 0.29) is 25.2 Å². The molecule has 88 valence electrons.